The number of nitrogens with one attached hydrogen (secondary N) is 1. The van der Waals surface area contributed by atoms with Crippen molar-refractivity contribution in [2.45, 2.75) is 19.9 Å². The van der Waals surface area contributed by atoms with Crippen LogP contribution in [0.3, 0.4) is 0 Å². The summed E-state index contributed by atoms with van der Waals surface area (Å²) in [6.07, 6.45) is 0. The number of nitrogens with zero attached hydrogens (tertiary/aromatic N) is 1. The Labute approximate surface area is 82.0 Å². The van der Waals surface area contributed by atoms with E-state index in [1.807, 2.05) is 0 Å². The van der Waals surface area contributed by atoms with Gasteiger partial charge in [0.05, 0.1) is 6.04 Å². The van der Waals surface area contributed by atoms with Gasteiger partial charge in [-0.2, -0.15) is 0 Å². The van der Waals surface area contributed by atoms with Gasteiger partial charge in [0.2, 0.25) is 5.91 Å². The molecule has 0 aliphatic rings. The van der Waals surface area contributed by atoms with Gasteiger partial charge in [0.1, 0.15) is 0 Å². The molecule has 4 N–H and O–H groups in total. The Balaban J connectivity index is 2.86. The number of hydrogen-bond acceptors (Lipinski definition) is 4. The first-order valence-corrected chi connectivity index (χ1v) is 4.23. The Kier molecular flexibility index (Phi) is 3.03. The van der Waals surface area contributed by atoms with E-state index < -0.39 is 6.04 Å². The highest BCUT2D eigenvalue weighted by Gasteiger charge is 2.11. The molecule has 1 amide bonds. The summed E-state index contributed by atoms with van der Waals surface area (Å²) in [5.41, 5.74) is 6.06. The highest BCUT2D eigenvalue weighted by molar-refractivity contribution is 5.94. The van der Waals surface area contributed by atoms with E-state index in [1.165, 1.54) is 6.07 Å². The zero-order valence-electron chi connectivity index (χ0n) is 8.11. The molecule has 0 saturated heterocycles. The Hall–Kier alpha value is -1.62. The molecule has 0 aliphatic heterocycles. The second-order valence-electron chi connectivity index (χ2n) is 3.10. The van der Waals surface area contributed by atoms with E-state index in [0.717, 1.165) is 0 Å². The Morgan fingerprint density at radius 1 is 1.64 bits per heavy atom. The number of aromatic nitrogens is 1. The molecule has 76 valence electrons. The van der Waals surface area contributed by atoms with Gasteiger partial charge in [0, 0.05) is 5.69 Å². The topological polar surface area (TPSA) is 88.2 Å². The fourth-order valence-electron chi connectivity index (χ4n) is 0.872. The Morgan fingerprint density at radius 3 is 2.86 bits per heavy atom. The van der Waals surface area contributed by atoms with Gasteiger partial charge in [-0.25, -0.2) is 4.98 Å². The third-order valence-electron chi connectivity index (χ3n) is 1.67. The zero-order valence-corrected chi connectivity index (χ0v) is 8.11. The molecule has 0 bridgehead atoms. The second-order valence-corrected chi connectivity index (χ2v) is 3.10. The fraction of sp³-hybridized carbons (Fsp3) is 0.333. The van der Waals surface area contributed by atoms with Gasteiger partial charge < -0.3 is 16.2 Å². The molecular formula is C9H13N3O2. The van der Waals surface area contributed by atoms with Gasteiger partial charge in [-0.05, 0) is 26.0 Å². The number of carbonyl (C=O) groups excluding carboxylic acids is 1. The number of nitrogens with two attached hydrogens (primary N) is 1. The lowest BCUT2D eigenvalue weighted by atomic mass is 10.3. The van der Waals surface area contributed by atoms with Gasteiger partial charge in [-0.3, -0.25) is 4.79 Å². The fourth-order valence-corrected chi connectivity index (χ4v) is 0.872. The van der Waals surface area contributed by atoms with E-state index in [-0.39, 0.29) is 17.5 Å². The normalized spacial score (nSPS) is 12.2. The number of carbonyl (C=O) groups is 1. The van der Waals surface area contributed by atoms with Crippen molar-refractivity contribution >= 4 is 11.7 Å². The van der Waals surface area contributed by atoms with E-state index >= 15 is 0 Å². The minimum atomic E-state index is -0.628. The Bertz CT molecular complexity index is 350. The first-order valence-electron chi connectivity index (χ1n) is 4.23. The van der Waals surface area contributed by atoms with Crippen LogP contribution in [0.4, 0.5) is 5.82 Å². The molecule has 1 atom stereocenters. The van der Waals surface area contributed by atoms with Crippen molar-refractivity contribution < 1.29 is 9.90 Å². The summed E-state index contributed by atoms with van der Waals surface area (Å²) in [6, 6.07) is 2.49. The Morgan fingerprint density at radius 2 is 2.29 bits per heavy atom. The van der Waals surface area contributed by atoms with Crippen LogP contribution in [0, 0.1) is 6.92 Å². The van der Waals surface area contributed by atoms with Crippen molar-refractivity contribution in [3.05, 3.63) is 17.8 Å². The maximum atomic E-state index is 11.2. The van der Waals surface area contributed by atoms with Crippen LogP contribution >= 0.6 is 0 Å². The molecule has 1 heterocycles. The lowest BCUT2D eigenvalue weighted by Gasteiger charge is -2.08. The molecule has 5 nitrogen and oxygen atoms in total. The van der Waals surface area contributed by atoms with Gasteiger partial charge in [-0.15, -0.1) is 0 Å². The van der Waals surface area contributed by atoms with Crippen molar-refractivity contribution in [3.8, 4) is 5.75 Å². The van der Waals surface area contributed by atoms with E-state index in [4.69, 9.17) is 5.73 Å². The smallest absolute Gasteiger partial charge is 0.242 e. The number of hydrogen-bond donors (Lipinski definition) is 3. The van der Waals surface area contributed by atoms with Crippen LogP contribution < -0.4 is 11.1 Å². The predicted octanol–water partition coefficient (Wildman–Crippen LogP) is 0.381. The molecule has 14 heavy (non-hydrogen) atoms. The quantitative estimate of drug-likeness (QED) is 0.636. The van der Waals surface area contributed by atoms with Gasteiger partial charge in [-0.1, -0.05) is 0 Å². The summed E-state index contributed by atoms with van der Waals surface area (Å²) in [6.45, 7) is 3.32. The molecule has 0 unspecified atom stereocenters. The van der Waals surface area contributed by atoms with Gasteiger partial charge in [0.25, 0.3) is 0 Å². The van der Waals surface area contributed by atoms with Crippen molar-refractivity contribution in [1.82, 2.24) is 4.98 Å². The summed E-state index contributed by atoms with van der Waals surface area (Å²) >= 11 is 0. The molecule has 0 spiro atoms. The summed E-state index contributed by atoms with van der Waals surface area (Å²) in [5, 5.41) is 11.8. The number of amides is 1. The molecule has 1 rings (SSSR count). The largest absolute Gasteiger partial charge is 0.504 e. The van der Waals surface area contributed by atoms with Crippen LogP contribution in [0.1, 0.15) is 12.6 Å². The molecule has 0 fully saturated rings. The maximum Gasteiger partial charge on any atom is 0.242 e. The summed E-state index contributed by atoms with van der Waals surface area (Å²) < 4.78 is 0. The summed E-state index contributed by atoms with van der Waals surface area (Å²) in [7, 11) is 0. The van der Waals surface area contributed by atoms with Crippen LogP contribution in [-0.2, 0) is 4.79 Å². The standard InChI is InChI=1S/C9H13N3O2/c1-5-3-4-7(13)8(11-5)12-9(14)6(2)10/h3-4,6,13H,10H2,1-2H3,(H,11,12,14)/t6-/m1/s1. The highest BCUT2D eigenvalue weighted by Crippen LogP contribution is 2.19. The molecule has 0 radical (unpaired) electrons. The minimum Gasteiger partial charge on any atom is -0.504 e. The monoisotopic (exact) mass is 195 g/mol. The van der Waals surface area contributed by atoms with Crippen molar-refractivity contribution in [2.24, 2.45) is 5.73 Å². The molecular weight excluding hydrogens is 182 g/mol. The molecule has 5 heteroatoms. The lowest BCUT2D eigenvalue weighted by molar-refractivity contribution is -0.117. The average molecular weight is 195 g/mol. The van der Waals surface area contributed by atoms with Gasteiger partial charge >= 0.3 is 0 Å². The van der Waals surface area contributed by atoms with Crippen LogP contribution in [-0.4, -0.2) is 22.0 Å². The third-order valence-corrected chi connectivity index (χ3v) is 1.67. The van der Waals surface area contributed by atoms with Crippen LogP contribution in [0.15, 0.2) is 12.1 Å². The number of rotatable bonds is 2. The maximum absolute atomic E-state index is 11.2. The number of aryl methyl sites for hydroxylation is 1. The van der Waals surface area contributed by atoms with Crippen molar-refractivity contribution in [3.63, 3.8) is 0 Å². The molecule has 0 aromatic carbocycles. The van der Waals surface area contributed by atoms with Crippen LogP contribution in [0.5, 0.6) is 5.75 Å². The second kappa shape index (κ2) is 4.06. The van der Waals surface area contributed by atoms with Crippen LogP contribution in [0.25, 0.3) is 0 Å². The lowest BCUT2D eigenvalue weighted by Crippen LogP contribution is -2.32. The predicted molar refractivity (Wildman–Crippen MR) is 52.9 cm³/mol. The number of anilines is 1. The molecule has 0 saturated carbocycles. The number of pyridine rings is 1. The summed E-state index contributed by atoms with van der Waals surface area (Å²) in [4.78, 5) is 15.1. The van der Waals surface area contributed by atoms with Crippen molar-refractivity contribution in [1.29, 1.82) is 0 Å². The zero-order chi connectivity index (χ0) is 10.7. The minimum absolute atomic E-state index is 0.0652. The van der Waals surface area contributed by atoms with E-state index in [9.17, 15) is 9.90 Å². The first kappa shape index (κ1) is 10.5. The SMILES string of the molecule is Cc1ccc(O)c(NC(=O)[C@@H](C)N)n1. The molecule has 1 aromatic rings. The van der Waals surface area contributed by atoms with Crippen molar-refractivity contribution in [2.75, 3.05) is 5.32 Å². The van der Waals surface area contributed by atoms with E-state index in [1.54, 1.807) is 19.9 Å². The highest BCUT2D eigenvalue weighted by atomic mass is 16.3. The van der Waals surface area contributed by atoms with Gasteiger partial charge in [0.15, 0.2) is 11.6 Å². The number of aromatic hydroxyl groups is 1. The summed E-state index contributed by atoms with van der Waals surface area (Å²) in [5.74, 6) is -0.296. The molecule has 1 aromatic heterocycles. The first-order chi connectivity index (χ1) is 6.50. The van der Waals surface area contributed by atoms with E-state index in [2.05, 4.69) is 10.3 Å². The van der Waals surface area contributed by atoms with E-state index in [0.29, 0.717) is 5.69 Å². The third kappa shape index (κ3) is 2.43. The van der Waals surface area contributed by atoms with Crippen LogP contribution in [0.2, 0.25) is 0 Å². The average Bonchev–Trinajstić information content (AvgIpc) is 2.11. The molecule has 0 aliphatic carbocycles.